The number of ketones is 1. The molecule has 0 saturated carbocycles. The molecule has 9 heteroatoms. The predicted molar refractivity (Wildman–Crippen MR) is 136 cm³/mol. The van der Waals surface area contributed by atoms with E-state index in [1.807, 2.05) is 32.6 Å². The largest absolute Gasteiger partial charge is 0.444 e. The fourth-order valence-electron chi connectivity index (χ4n) is 3.97. The molecule has 2 aromatic rings. The Morgan fingerprint density at radius 1 is 1.11 bits per heavy atom. The van der Waals surface area contributed by atoms with Gasteiger partial charge < -0.3 is 15.0 Å². The summed E-state index contributed by atoms with van der Waals surface area (Å²) < 4.78 is 5.46. The summed E-state index contributed by atoms with van der Waals surface area (Å²) in [6.45, 7) is 11.3. The van der Waals surface area contributed by atoms with Crippen LogP contribution in [0.25, 0.3) is 0 Å². The van der Waals surface area contributed by atoms with Crippen LogP contribution in [0.3, 0.4) is 0 Å². The van der Waals surface area contributed by atoms with Crippen LogP contribution in [0.15, 0.2) is 36.4 Å². The normalized spacial score (nSPS) is 15.4. The highest BCUT2D eigenvalue weighted by Gasteiger charge is 2.32. The number of pyridine rings is 1. The quantitative estimate of drug-likeness (QED) is 0.585. The Bertz CT molecular complexity index is 1090. The van der Waals surface area contributed by atoms with Gasteiger partial charge in [0.05, 0.1) is 11.6 Å². The number of benzene rings is 1. The molecule has 1 N–H and O–H groups in total. The molecule has 0 spiro atoms. The smallest absolute Gasteiger partial charge is 0.410 e. The number of nitrogens with one attached hydrogen (secondary N) is 1. The van der Waals surface area contributed by atoms with Crippen LogP contribution in [-0.2, 0) is 9.53 Å². The zero-order chi connectivity index (χ0) is 25.8. The van der Waals surface area contributed by atoms with Gasteiger partial charge in [0.25, 0.3) is 0 Å². The molecule has 1 fully saturated rings. The van der Waals surface area contributed by atoms with Crippen molar-refractivity contribution in [1.29, 1.82) is 0 Å². The average molecular weight is 501 g/mol. The Morgan fingerprint density at radius 3 is 2.40 bits per heavy atom. The molecule has 1 aromatic heterocycles. The number of amides is 2. The molecule has 0 bridgehead atoms. The Balaban J connectivity index is 1.71. The zero-order valence-corrected chi connectivity index (χ0v) is 21.7. The fraction of sp³-hybridized carbons (Fsp3) is 0.462. The van der Waals surface area contributed by atoms with E-state index in [1.54, 1.807) is 48.2 Å². The summed E-state index contributed by atoms with van der Waals surface area (Å²) in [5.41, 5.74) is 0.850. The Labute approximate surface area is 211 Å². The molecule has 1 aliphatic rings. The van der Waals surface area contributed by atoms with Crippen LogP contribution < -0.4 is 5.32 Å². The Morgan fingerprint density at radius 2 is 1.80 bits per heavy atom. The van der Waals surface area contributed by atoms with E-state index < -0.39 is 11.6 Å². The van der Waals surface area contributed by atoms with Crippen molar-refractivity contribution in [2.24, 2.45) is 0 Å². The first-order valence-electron chi connectivity index (χ1n) is 11.8. The molecule has 0 radical (unpaired) electrons. The van der Waals surface area contributed by atoms with Gasteiger partial charge in [-0.2, -0.15) is 0 Å². The maximum atomic E-state index is 13.3. The maximum absolute atomic E-state index is 13.3. The van der Waals surface area contributed by atoms with Crippen LogP contribution in [0.2, 0.25) is 5.02 Å². The van der Waals surface area contributed by atoms with Gasteiger partial charge >= 0.3 is 6.09 Å². The number of ether oxygens (including phenoxy) is 1. The van der Waals surface area contributed by atoms with Gasteiger partial charge in [-0.05, 0) is 58.4 Å². The van der Waals surface area contributed by atoms with Crippen LogP contribution >= 0.6 is 11.6 Å². The molecule has 1 atom stereocenters. The van der Waals surface area contributed by atoms with E-state index in [1.165, 1.54) is 0 Å². The molecule has 2 amide bonds. The van der Waals surface area contributed by atoms with Crippen molar-refractivity contribution in [3.05, 3.63) is 58.2 Å². The first-order valence-corrected chi connectivity index (χ1v) is 12.2. The first kappa shape index (κ1) is 26.6. The summed E-state index contributed by atoms with van der Waals surface area (Å²) in [7, 11) is 0. The summed E-state index contributed by atoms with van der Waals surface area (Å²) >= 11 is 6.06. The van der Waals surface area contributed by atoms with Crippen molar-refractivity contribution in [2.75, 3.05) is 31.5 Å². The number of piperazine rings is 1. The van der Waals surface area contributed by atoms with Crippen LogP contribution in [0.1, 0.15) is 55.7 Å². The van der Waals surface area contributed by atoms with Gasteiger partial charge in [-0.25, -0.2) is 9.78 Å². The number of hydrogen-bond donors (Lipinski definition) is 1. The van der Waals surface area contributed by atoms with Crippen LogP contribution in [0.5, 0.6) is 0 Å². The third-order valence-corrected chi connectivity index (χ3v) is 5.94. The van der Waals surface area contributed by atoms with E-state index >= 15 is 0 Å². The minimum absolute atomic E-state index is 0.228. The van der Waals surface area contributed by atoms with Crippen molar-refractivity contribution in [3.8, 4) is 0 Å². The zero-order valence-electron chi connectivity index (χ0n) is 20.9. The highest BCUT2D eigenvalue weighted by atomic mass is 35.5. The molecular weight excluding hydrogens is 468 g/mol. The van der Waals surface area contributed by atoms with Crippen molar-refractivity contribution in [2.45, 2.75) is 52.7 Å². The molecule has 8 nitrogen and oxygen atoms in total. The van der Waals surface area contributed by atoms with Crippen molar-refractivity contribution >= 4 is 35.2 Å². The molecule has 1 saturated heterocycles. The average Bonchev–Trinajstić information content (AvgIpc) is 2.78. The number of hydrogen-bond acceptors (Lipinski definition) is 6. The molecule has 35 heavy (non-hydrogen) atoms. The van der Waals surface area contributed by atoms with Gasteiger partial charge in [0.15, 0.2) is 5.78 Å². The van der Waals surface area contributed by atoms with Crippen molar-refractivity contribution in [3.63, 3.8) is 0 Å². The summed E-state index contributed by atoms with van der Waals surface area (Å²) in [5, 5.41) is 3.34. The Kier molecular flexibility index (Phi) is 8.51. The van der Waals surface area contributed by atoms with Crippen molar-refractivity contribution < 1.29 is 19.1 Å². The summed E-state index contributed by atoms with van der Waals surface area (Å²) in [6.07, 6.45) is 0.226. The van der Waals surface area contributed by atoms with Gasteiger partial charge in [-0.1, -0.05) is 30.7 Å². The van der Waals surface area contributed by atoms with Gasteiger partial charge in [0.1, 0.15) is 11.4 Å². The lowest BCUT2D eigenvalue weighted by Crippen LogP contribution is -2.55. The SMILES string of the molecule is CCC(C(=O)Nc1nc(C)ccc1C(=O)c1cccc(Cl)c1)N1CCN(C(=O)OC(C)(C)C)CC1. The van der Waals surface area contributed by atoms with E-state index in [0.29, 0.717) is 54.4 Å². The second-order valence-corrected chi connectivity index (χ2v) is 10.0. The lowest BCUT2D eigenvalue weighted by atomic mass is 10.0. The van der Waals surface area contributed by atoms with E-state index in [2.05, 4.69) is 10.3 Å². The van der Waals surface area contributed by atoms with Gasteiger partial charge in [0, 0.05) is 42.5 Å². The van der Waals surface area contributed by atoms with E-state index in [0.717, 1.165) is 0 Å². The van der Waals surface area contributed by atoms with E-state index in [9.17, 15) is 14.4 Å². The molecule has 3 rings (SSSR count). The standard InChI is InChI=1S/C26H33ClN4O4/c1-6-21(30-12-14-31(15-13-30)25(34)35-26(3,4)5)24(33)29-23-20(11-10-17(2)28-23)22(32)18-8-7-9-19(27)16-18/h7-11,16,21H,6,12-15H2,1-5H3,(H,28,29,33). The molecule has 1 unspecified atom stereocenters. The second-order valence-electron chi connectivity index (χ2n) is 9.60. The maximum Gasteiger partial charge on any atom is 0.410 e. The molecule has 0 aliphatic carbocycles. The molecule has 188 valence electrons. The lowest BCUT2D eigenvalue weighted by Gasteiger charge is -2.38. The number of rotatable bonds is 6. The molecule has 1 aromatic carbocycles. The van der Waals surface area contributed by atoms with Crippen LogP contribution in [0, 0.1) is 6.92 Å². The topological polar surface area (TPSA) is 91.8 Å². The lowest BCUT2D eigenvalue weighted by molar-refractivity contribution is -0.122. The number of nitrogens with zero attached hydrogens (tertiary/aromatic N) is 3. The minimum atomic E-state index is -0.554. The number of carbonyl (C=O) groups is 3. The summed E-state index contributed by atoms with van der Waals surface area (Å²) in [5.74, 6) is -0.281. The number of aromatic nitrogens is 1. The van der Waals surface area contributed by atoms with Crippen molar-refractivity contribution in [1.82, 2.24) is 14.8 Å². The molecule has 1 aliphatic heterocycles. The Hall–Kier alpha value is -2.97. The second kappa shape index (κ2) is 11.2. The van der Waals surface area contributed by atoms with Crippen LogP contribution in [0.4, 0.5) is 10.6 Å². The van der Waals surface area contributed by atoms with Crippen LogP contribution in [-0.4, -0.2) is 70.4 Å². The monoisotopic (exact) mass is 500 g/mol. The van der Waals surface area contributed by atoms with E-state index in [-0.39, 0.29) is 23.6 Å². The molecule has 2 heterocycles. The molecular formula is C26H33ClN4O4. The predicted octanol–water partition coefficient (Wildman–Crippen LogP) is 4.54. The van der Waals surface area contributed by atoms with Gasteiger partial charge in [0.2, 0.25) is 5.91 Å². The summed E-state index contributed by atoms with van der Waals surface area (Å²) in [4.78, 5) is 46.9. The number of carbonyl (C=O) groups excluding carboxylic acids is 3. The van der Waals surface area contributed by atoms with E-state index in [4.69, 9.17) is 16.3 Å². The number of anilines is 1. The highest BCUT2D eigenvalue weighted by Crippen LogP contribution is 2.22. The summed E-state index contributed by atoms with van der Waals surface area (Å²) in [6, 6.07) is 9.66. The van der Waals surface area contributed by atoms with Gasteiger partial charge in [-0.3, -0.25) is 14.5 Å². The van der Waals surface area contributed by atoms with Gasteiger partial charge in [-0.15, -0.1) is 0 Å². The minimum Gasteiger partial charge on any atom is -0.444 e. The third-order valence-electron chi connectivity index (χ3n) is 5.70. The number of halogens is 1. The fourth-order valence-corrected chi connectivity index (χ4v) is 4.16. The number of aryl methyl sites for hydroxylation is 1. The highest BCUT2D eigenvalue weighted by molar-refractivity contribution is 6.31. The third kappa shape index (κ3) is 7.02. The first-order chi connectivity index (χ1) is 16.5.